The number of carboxylic acids is 1. The Morgan fingerprint density at radius 3 is 2.63 bits per heavy atom. The van der Waals surface area contributed by atoms with Gasteiger partial charge >= 0.3 is 5.97 Å². The highest BCUT2D eigenvalue weighted by atomic mass is 16.5. The average Bonchev–Trinajstić information content (AvgIpc) is 2.36. The predicted octanol–water partition coefficient (Wildman–Crippen LogP) is 1.93. The molecule has 0 radical (unpaired) electrons. The molecule has 0 aliphatic carbocycles. The van der Waals surface area contributed by atoms with Gasteiger partial charge in [0.05, 0.1) is 0 Å². The van der Waals surface area contributed by atoms with Crippen LogP contribution in [0.1, 0.15) is 30.6 Å². The third-order valence-electron chi connectivity index (χ3n) is 2.52. The molecule has 0 aliphatic rings. The second kappa shape index (κ2) is 7.41. The molecule has 1 rings (SSSR count). The topological polar surface area (TPSA) is 75.6 Å². The second-order valence-electron chi connectivity index (χ2n) is 4.62. The van der Waals surface area contributed by atoms with Gasteiger partial charge in [0.15, 0.2) is 6.61 Å². The number of benzene rings is 1. The summed E-state index contributed by atoms with van der Waals surface area (Å²) in [5, 5.41) is 11.7. The van der Waals surface area contributed by atoms with Crippen LogP contribution < -0.4 is 10.1 Å². The van der Waals surface area contributed by atoms with Gasteiger partial charge in [0, 0.05) is 6.54 Å². The van der Waals surface area contributed by atoms with Crippen LogP contribution in [0.3, 0.4) is 0 Å². The van der Waals surface area contributed by atoms with Crippen molar-refractivity contribution in [3.05, 3.63) is 29.8 Å². The van der Waals surface area contributed by atoms with Crippen molar-refractivity contribution in [3.8, 4) is 5.75 Å². The van der Waals surface area contributed by atoms with E-state index in [0.717, 1.165) is 6.42 Å². The standard InChI is InChI=1S/C14H19NO4/c1-10(2)7-8-15-13(16)9-19-12-6-4-3-5-11(12)14(17)18/h3-6,10H,7-9H2,1-2H3,(H,15,16)(H,17,18). The molecule has 0 aliphatic heterocycles. The first-order valence-corrected chi connectivity index (χ1v) is 6.22. The third-order valence-corrected chi connectivity index (χ3v) is 2.52. The maximum absolute atomic E-state index is 11.5. The molecule has 5 heteroatoms. The fraction of sp³-hybridized carbons (Fsp3) is 0.429. The molecule has 0 saturated heterocycles. The van der Waals surface area contributed by atoms with E-state index in [0.29, 0.717) is 12.5 Å². The maximum atomic E-state index is 11.5. The molecule has 0 aromatic heterocycles. The summed E-state index contributed by atoms with van der Waals surface area (Å²) in [4.78, 5) is 22.4. The van der Waals surface area contributed by atoms with Crippen LogP contribution in [-0.2, 0) is 4.79 Å². The fourth-order valence-electron chi connectivity index (χ4n) is 1.46. The smallest absolute Gasteiger partial charge is 0.339 e. The van der Waals surface area contributed by atoms with Crippen molar-refractivity contribution in [2.75, 3.05) is 13.2 Å². The zero-order valence-electron chi connectivity index (χ0n) is 11.2. The molecular weight excluding hydrogens is 246 g/mol. The van der Waals surface area contributed by atoms with Crippen LogP contribution in [0.4, 0.5) is 0 Å². The fourth-order valence-corrected chi connectivity index (χ4v) is 1.46. The van der Waals surface area contributed by atoms with Gasteiger partial charge in [0.25, 0.3) is 5.91 Å². The van der Waals surface area contributed by atoms with E-state index in [1.807, 2.05) is 0 Å². The van der Waals surface area contributed by atoms with Crippen molar-refractivity contribution >= 4 is 11.9 Å². The first-order valence-electron chi connectivity index (χ1n) is 6.22. The molecule has 0 spiro atoms. The average molecular weight is 265 g/mol. The molecular formula is C14H19NO4. The first-order chi connectivity index (χ1) is 9.00. The quantitative estimate of drug-likeness (QED) is 0.789. The molecule has 5 nitrogen and oxygen atoms in total. The highest BCUT2D eigenvalue weighted by molar-refractivity contribution is 5.91. The number of carbonyl (C=O) groups is 2. The number of carboxylic acid groups (broad SMARTS) is 1. The molecule has 0 unspecified atom stereocenters. The first kappa shape index (κ1) is 15.0. The van der Waals surface area contributed by atoms with Gasteiger partial charge in [-0.2, -0.15) is 0 Å². The van der Waals surface area contributed by atoms with Gasteiger partial charge in [-0.05, 0) is 24.5 Å². The van der Waals surface area contributed by atoms with E-state index in [1.54, 1.807) is 12.1 Å². The number of ether oxygens (including phenoxy) is 1. The van der Waals surface area contributed by atoms with Crippen LogP contribution in [0.15, 0.2) is 24.3 Å². The lowest BCUT2D eigenvalue weighted by atomic mass is 10.1. The Morgan fingerprint density at radius 1 is 1.32 bits per heavy atom. The Bertz CT molecular complexity index is 443. The number of carbonyl (C=O) groups excluding carboxylic acids is 1. The summed E-state index contributed by atoms with van der Waals surface area (Å²) in [6.07, 6.45) is 0.900. The molecule has 0 atom stereocenters. The Hall–Kier alpha value is -2.04. The Balaban J connectivity index is 2.44. The van der Waals surface area contributed by atoms with Crippen LogP contribution in [0, 0.1) is 5.92 Å². The van der Waals surface area contributed by atoms with Crippen molar-refractivity contribution in [1.29, 1.82) is 0 Å². The van der Waals surface area contributed by atoms with Crippen LogP contribution in [0.25, 0.3) is 0 Å². The number of hydrogen-bond donors (Lipinski definition) is 2. The van der Waals surface area contributed by atoms with Gasteiger partial charge in [0.1, 0.15) is 11.3 Å². The molecule has 0 saturated carbocycles. The van der Waals surface area contributed by atoms with Gasteiger partial charge in [-0.1, -0.05) is 26.0 Å². The number of para-hydroxylation sites is 1. The summed E-state index contributed by atoms with van der Waals surface area (Å²) in [6, 6.07) is 6.25. The van der Waals surface area contributed by atoms with Crippen molar-refractivity contribution in [3.63, 3.8) is 0 Å². The van der Waals surface area contributed by atoms with Crippen LogP contribution >= 0.6 is 0 Å². The zero-order valence-corrected chi connectivity index (χ0v) is 11.2. The van der Waals surface area contributed by atoms with E-state index >= 15 is 0 Å². The third kappa shape index (κ3) is 5.42. The minimum atomic E-state index is -1.07. The Morgan fingerprint density at radius 2 is 2.00 bits per heavy atom. The lowest BCUT2D eigenvalue weighted by Crippen LogP contribution is -2.30. The number of hydrogen-bond acceptors (Lipinski definition) is 3. The van der Waals surface area contributed by atoms with E-state index in [4.69, 9.17) is 9.84 Å². The molecule has 2 N–H and O–H groups in total. The van der Waals surface area contributed by atoms with Crippen LogP contribution in [0.5, 0.6) is 5.75 Å². The minimum absolute atomic E-state index is 0.0532. The Labute approximate surface area is 112 Å². The van der Waals surface area contributed by atoms with Gasteiger partial charge in [-0.3, -0.25) is 4.79 Å². The molecule has 1 aromatic rings. The summed E-state index contributed by atoms with van der Waals surface area (Å²) < 4.78 is 5.22. The predicted molar refractivity (Wildman–Crippen MR) is 71.4 cm³/mol. The summed E-state index contributed by atoms with van der Waals surface area (Å²) in [7, 11) is 0. The lowest BCUT2D eigenvalue weighted by molar-refractivity contribution is -0.123. The summed E-state index contributed by atoms with van der Waals surface area (Å²) >= 11 is 0. The van der Waals surface area contributed by atoms with E-state index in [-0.39, 0.29) is 23.8 Å². The van der Waals surface area contributed by atoms with E-state index < -0.39 is 5.97 Å². The minimum Gasteiger partial charge on any atom is -0.483 e. The van der Waals surface area contributed by atoms with Crippen molar-refractivity contribution < 1.29 is 19.4 Å². The van der Waals surface area contributed by atoms with Gasteiger partial charge in [-0.15, -0.1) is 0 Å². The van der Waals surface area contributed by atoms with Crippen molar-refractivity contribution in [1.82, 2.24) is 5.32 Å². The summed E-state index contributed by atoms with van der Waals surface area (Å²) in [6.45, 7) is 4.57. The van der Waals surface area contributed by atoms with Gasteiger partial charge in [0.2, 0.25) is 0 Å². The number of amides is 1. The zero-order chi connectivity index (χ0) is 14.3. The van der Waals surface area contributed by atoms with Gasteiger partial charge in [-0.25, -0.2) is 4.79 Å². The van der Waals surface area contributed by atoms with Crippen molar-refractivity contribution in [2.45, 2.75) is 20.3 Å². The molecule has 1 amide bonds. The largest absolute Gasteiger partial charge is 0.483 e. The van der Waals surface area contributed by atoms with Crippen LogP contribution in [0.2, 0.25) is 0 Å². The van der Waals surface area contributed by atoms with E-state index in [1.165, 1.54) is 12.1 Å². The highest BCUT2D eigenvalue weighted by Crippen LogP contribution is 2.17. The molecule has 19 heavy (non-hydrogen) atoms. The Kier molecular flexibility index (Phi) is 5.85. The number of nitrogens with one attached hydrogen (secondary N) is 1. The van der Waals surface area contributed by atoms with E-state index in [2.05, 4.69) is 19.2 Å². The normalized spacial score (nSPS) is 10.3. The van der Waals surface area contributed by atoms with Crippen molar-refractivity contribution in [2.24, 2.45) is 5.92 Å². The molecule has 0 heterocycles. The van der Waals surface area contributed by atoms with Gasteiger partial charge < -0.3 is 15.2 Å². The molecule has 0 fully saturated rings. The monoisotopic (exact) mass is 265 g/mol. The summed E-state index contributed by atoms with van der Waals surface area (Å²) in [5.74, 6) is -0.598. The lowest BCUT2D eigenvalue weighted by Gasteiger charge is -2.10. The highest BCUT2D eigenvalue weighted by Gasteiger charge is 2.11. The number of rotatable bonds is 7. The second-order valence-corrected chi connectivity index (χ2v) is 4.62. The molecule has 0 bridgehead atoms. The maximum Gasteiger partial charge on any atom is 0.339 e. The number of aromatic carboxylic acids is 1. The molecule has 1 aromatic carbocycles. The van der Waals surface area contributed by atoms with Crippen LogP contribution in [-0.4, -0.2) is 30.1 Å². The molecule has 104 valence electrons. The summed E-state index contributed by atoms with van der Waals surface area (Å²) in [5.41, 5.74) is 0.0532. The van der Waals surface area contributed by atoms with E-state index in [9.17, 15) is 9.59 Å². The SMILES string of the molecule is CC(C)CCNC(=O)COc1ccccc1C(=O)O.